The number of carbonyl (C=O) groups excluding carboxylic acids is 7. The van der Waals surface area contributed by atoms with Gasteiger partial charge in [-0.1, -0.05) is 23.2 Å². The molecule has 7 amide bonds. The Kier molecular flexibility index (Phi) is 25.5. The van der Waals surface area contributed by atoms with E-state index in [9.17, 15) is 42.7 Å². The highest BCUT2D eigenvalue weighted by Crippen LogP contribution is 2.26. The van der Waals surface area contributed by atoms with Crippen molar-refractivity contribution in [1.29, 1.82) is 0 Å². The molecule has 10 N–H and O–H groups in total. The standard InChI is InChI=1S/C26H28ClIN6O5.C15H21N3O5.C11H9ClIN3O.CH3F/c1-13-6-20(32-25(38)39-26(3,4)5)31-14(2)18(13)12-30-23(36)24(37)34-33-21(35)9-15-7-16-10-17(27)11-29-22(16)19(28)8-15;1-8-6-11(18-14(22)23-15(3,4)5)17-9(2)10(8)7-16-12(19)13(20)21;12-8-4-7-1-6(3-10(17)16-14)2-9(13)11(7)15-5-8;1-2/h6-8,10-11H,9,12H2,1-5H3,(H,30,36)(H,33,35)(H,34,37)(H,31,32,38);6H,7H2,1-5H3,(H,16,19)(H,20,21)(H,17,18,22);1-2,4-5H,3,14H2,(H,16,17);1H3/i;;;1D. The first-order chi connectivity index (χ1) is 38.2. The second-order valence-electron chi connectivity index (χ2n) is 19.2. The fourth-order valence-electron chi connectivity index (χ4n) is 7.02. The third kappa shape index (κ3) is 23.1. The first kappa shape index (κ1) is 66.4. The minimum Gasteiger partial charge on any atom is -0.474 e. The zero-order valence-corrected chi connectivity index (χ0v) is 51.4. The second kappa shape index (κ2) is 31.2. The first-order valence-corrected chi connectivity index (χ1v) is 26.8. The Morgan fingerprint density at radius 2 is 1.02 bits per heavy atom. The van der Waals surface area contributed by atoms with Crippen molar-refractivity contribution in [2.24, 2.45) is 5.84 Å². The van der Waals surface area contributed by atoms with E-state index >= 15 is 0 Å². The van der Waals surface area contributed by atoms with E-state index in [2.05, 4.69) is 103 Å². The number of hydrazine groups is 2. The highest BCUT2D eigenvalue weighted by Gasteiger charge is 2.21. The molecule has 0 aliphatic heterocycles. The van der Waals surface area contributed by atoms with E-state index in [0.717, 1.165) is 45.6 Å². The van der Waals surface area contributed by atoms with E-state index in [1.54, 1.807) is 106 Å². The number of amides is 7. The summed E-state index contributed by atoms with van der Waals surface area (Å²) in [6.07, 6.45) is 2.12. The van der Waals surface area contributed by atoms with Crippen molar-refractivity contribution in [3.63, 3.8) is 0 Å². The molecule has 0 atom stereocenters. The lowest BCUT2D eigenvalue weighted by atomic mass is 10.1. The molecule has 0 radical (unpaired) electrons. The van der Waals surface area contributed by atoms with E-state index < -0.39 is 60.1 Å². The number of fused-ring (bicyclic) bond motifs is 2. The lowest BCUT2D eigenvalue weighted by Crippen LogP contribution is -2.48. The lowest BCUT2D eigenvalue weighted by molar-refractivity contribution is -0.150. The summed E-state index contributed by atoms with van der Waals surface area (Å²) in [6.45, 7) is 17.6. The van der Waals surface area contributed by atoms with Gasteiger partial charge in [0.15, 0.2) is 0 Å². The van der Waals surface area contributed by atoms with Gasteiger partial charge in [0.05, 0.1) is 42.4 Å². The Morgan fingerprint density at radius 3 is 1.40 bits per heavy atom. The van der Waals surface area contributed by atoms with Gasteiger partial charge in [0.25, 0.3) is 0 Å². The SMILES string of the molecule is Cc1cc(NC(=O)OC(C)(C)C)nc(C)c1CNC(=O)C(=O)NNC(=O)Cc1cc(I)c2ncc(Cl)cc2c1.Cc1cc(NC(=O)OC(C)(C)C)nc(C)c1CNC(=O)C(=O)O.NNC(=O)Cc1cc(I)c2ncc(Cl)cc2c1.[2H]CF. The summed E-state index contributed by atoms with van der Waals surface area (Å²) >= 11 is 16.2. The van der Waals surface area contributed by atoms with Crippen LogP contribution in [0.25, 0.3) is 21.8 Å². The number of carboxylic acid groups (broad SMARTS) is 1. The van der Waals surface area contributed by atoms with Gasteiger partial charge in [0.1, 0.15) is 22.8 Å². The van der Waals surface area contributed by atoms with Gasteiger partial charge in [-0.05, 0) is 196 Å². The number of nitrogens with one attached hydrogen (secondary N) is 7. The molecule has 0 unspecified atom stereocenters. The molecule has 2 aromatic carbocycles. The largest absolute Gasteiger partial charge is 0.474 e. The van der Waals surface area contributed by atoms with Gasteiger partial charge in [0, 0.05) is 54.8 Å². The minimum absolute atomic E-state index is 0.0176. The normalized spacial score (nSPS) is 10.8. The summed E-state index contributed by atoms with van der Waals surface area (Å²) in [4.78, 5) is 110. The number of aliphatic carboxylic acids is 1. The van der Waals surface area contributed by atoms with Crippen LogP contribution in [0.2, 0.25) is 10.0 Å². The van der Waals surface area contributed by atoms with Crippen LogP contribution in [0.15, 0.2) is 60.9 Å². The summed E-state index contributed by atoms with van der Waals surface area (Å²) in [5, 5.41) is 21.2. The molecule has 0 spiro atoms. The molecule has 0 fully saturated rings. The van der Waals surface area contributed by atoms with Crippen LogP contribution in [-0.4, -0.2) is 91.1 Å². The molecule has 0 bridgehead atoms. The van der Waals surface area contributed by atoms with Gasteiger partial charge in [-0.3, -0.25) is 65.2 Å². The summed E-state index contributed by atoms with van der Waals surface area (Å²) < 4.78 is 27.7. The molecule has 434 valence electrons. The number of carbonyl (C=O) groups is 8. The number of carboxylic acids is 1. The fourth-order valence-corrected chi connectivity index (χ4v) is 9.05. The number of anilines is 2. The third-order valence-corrected chi connectivity index (χ3v) is 12.4. The van der Waals surface area contributed by atoms with Crippen LogP contribution in [0.4, 0.5) is 25.6 Å². The Labute approximate surface area is 504 Å². The maximum Gasteiger partial charge on any atom is 0.413 e. The molecule has 4 aromatic heterocycles. The van der Waals surface area contributed by atoms with Crippen LogP contribution in [0.5, 0.6) is 0 Å². The second-order valence-corrected chi connectivity index (χ2v) is 22.4. The predicted molar refractivity (Wildman–Crippen MR) is 320 cm³/mol. The molecule has 81 heavy (non-hydrogen) atoms. The smallest absolute Gasteiger partial charge is 0.413 e. The number of hydrogen-bond donors (Lipinski definition) is 9. The molecule has 28 heteroatoms. The van der Waals surface area contributed by atoms with Crippen molar-refractivity contribution in [3.05, 3.63) is 123 Å². The van der Waals surface area contributed by atoms with Crippen molar-refractivity contribution < 1.29 is 58.7 Å². The van der Waals surface area contributed by atoms with Crippen LogP contribution in [0, 0.1) is 34.8 Å². The number of aromatic nitrogens is 4. The molecule has 4 heterocycles. The Hall–Kier alpha value is -7.15. The Morgan fingerprint density at radius 1 is 0.630 bits per heavy atom. The summed E-state index contributed by atoms with van der Waals surface area (Å²) in [7, 11) is -1.00. The molecule has 6 rings (SSSR count). The van der Waals surface area contributed by atoms with Gasteiger partial charge in [0.2, 0.25) is 11.8 Å². The van der Waals surface area contributed by atoms with Crippen LogP contribution in [0.1, 0.15) is 87.7 Å². The van der Waals surface area contributed by atoms with Gasteiger partial charge in [-0.2, -0.15) is 0 Å². The van der Waals surface area contributed by atoms with E-state index in [1.807, 2.05) is 24.3 Å². The maximum absolute atomic E-state index is 12.4. The number of aryl methyl sites for hydroxylation is 4. The predicted octanol–water partition coefficient (Wildman–Crippen LogP) is 8.22. The summed E-state index contributed by atoms with van der Waals surface area (Å²) in [5.41, 5.74) is 12.4. The Bertz CT molecular complexity index is 3320. The zero-order chi connectivity index (χ0) is 61.8. The zero-order valence-electron chi connectivity index (χ0n) is 46.6. The van der Waals surface area contributed by atoms with Crippen molar-refractivity contribution in [2.45, 2.75) is 106 Å². The number of rotatable bonds is 10. The number of nitrogens with zero attached hydrogens (tertiary/aromatic N) is 4. The third-order valence-electron chi connectivity index (χ3n) is 10.4. The number of benzene rings is 2. The molecule has 6 aromatic rings. The number of ether oxygens (including phenoxy) is 2. The topological polar surface area (TPSA) is 337 Å². The molecule has 0 aliphatic rings. The molecular weight excluding hydrogens is 1320 g/mol. The van der Waals surface area contributed by atoms with Crippen LogP contribution >= 0.6 is 68.4 Å². The van der Waals surface area contributed by atoms with E-state index in [1.165, 1.54) is 0 Å². The van der Waals surface area contributed by atoms with Crippen LogP contribution in [-0.2, 0) is 64.2 Å². The number of alkyl halides is 1. The van der Waals surface area contributed by atoms with Crippen LogP contribution in [0.3, 0.4) is 0 Å². The number of hydrogen-bond acceptors (Lipinski definition) is 15. The summed E-state index contributed by atoms with van der Waals surface area (Å²) in [6, 6.07) is 14.3. The minimum atomic E-state index is -1.54. The maximum atomic E-state index is 12.4. The highest BCUT2D eigenvalue weighted by molar-refractivity contribution is 14.1. The number of halogens is 5. The van der Waals surface area contributed by atoms with Gasteiger partial charge < -0.3 is 25.2 Å². The highest BCUT2D eigenvalue weighted by atomic mass is 127. The fraction of sp³-hybridized carbons (Fsp3) is 0.321. The number of nitrogens with two attached hydrogens (primary N) is 1. The summed E-state index contributed by atoms with van der Waals surface area (Å²) in [5.74, 6) is 0.351. The Balaban J connectivity index is 0.000000346. The van der Waals surface area contributed by atoms with Crippen molar-refractivity contribution in [1.82, 2.24) is 46.8 Å². The quantitative estimate of drug-likeness (QED) is 0.0205. The van der Waals surface area contributed by atoms with Crippen molar-refractivity contribution >= 4 is 150 Å². The molecule has 0 saturated carbocycles. The average molecular weight is 1390 g/mol. The number of pyridine rings is 4. The lowest BCUT2D eigenvalue weighted by Gasteiger charge is -2.20. The molecular formula is C53H61Cl2FI2N12O11. The molecule has 0 saturated heterocycles. The van der Waals surface area contributed by atoms with Gasteiger partial charge >= 0.3 is 35.9 Å². The van der Waals surface area contributed by atoms with Crippen molar-refractivity contribution in [3.8, 4) is 0 Å². The molecule has 0 aliphatic carbocycles. The van der Waals surface area contributed by atoms with E-state index in [0.29, 0.717) is 49.8 Å². The van der Waals surface area contributed by atoms with E-state index in [4.69, 9.17) is 45.0 Å². The van der Waals surface area contributed by atoms with Crippen LogP contribution < -0.4 is 43.4 Å². The molecule has 23 nitrogen and oxygen atoms in total. The van der Waals surface area contributed by atoms with Gasteiger partial charge in [-0.25, -0.2) is 30.2 Å². The first-order valence-electron chi connectivity index (χ1n) is 24.6. The van der Waals surface area contributed by atoms with Gasteiger partial charge in [-0.15, -0.1) is 0 Å². The monoisotopic (exact) mass is 1390 g/mol. The van der Waals surface area contributed by atoms with E-state index in [-0.39, 0.29) is 31.8 Å². The van der Waals surface area contributed by atoms with Crippen molar-refractivity contribution in [2.75, 3.05) is 17.8 Å². The average Bonchev–Trinajstić information content (AvgIpc) is 3.54.